The first-order valence-electron chi connectivity index (χ1n) is 6.34. The molecular weight excluding hydrogens is 246 g/mol. The van der Waals surface area contributed by atoms with Gasteiger partial charge in [0, 0.05) is 20.2 Å². The predicted octanol–water partition coefficient (Wildman–Crippen LogP) is 1.06. The van der Waals surface area contributed by atoms with Crippen molar-refractivity contribution in [2.45, 2.75) is 19.1 Å². The molecule has 1 aromatic rings. The molecule has 2 unspecified atom stereocenters. The van der Waals surface area contributed by atoms with Crippen LogP contribution >= 0.6 is 0 Å². The monoisotopic (exact) mass is 269 g/mol. The summed E-state index contributed by atoms with van der Waals surface area (Å²) in [5.74, 6) is 1.49. The maximum absolute atomic E-state index is 9.74. The minimum absolute atomic E-state index is 0.134. The molecule has 108 valence electrons. The lowest BCUT2D eigenvalue weighted by molar-refractivity contribution is 0.0904. The summed E-state index contributed by atoms with van der Waals surface area (Å²) in [4.78, 5) is 0. The number of methoxy groups -OCH3 is 2. The Morgan fingerprint density at radius 1 is 1.11 bits per heavy atom. The largest absolute Gasteiger partial charge is 0.497 e. The molecule has 1 aromatic carbocycles. The zero-order valence-corrected chi connectivity index (χ0v) is 11.8. The molecule has 19 heavy (non-hydrogen) atoms. The van der Waals surface area contributed by atoms with Crippen molar-refractivity contribution >= 4 is 0 Å². The maximum Gasteiger partial charge on any atom is 0.119 e. The van der Waals surface area contributed by atoms with Crippen LogP contribution in [0.1, 0.15) is 6.92 Å². The molecule has 0 heterocycles. The second-order valence-electron chi connectivity index (χ2n) is 4.34. The minimum Gasteiger partial charge on any atom is -0.497 e. The smallest absolute Gasteiger partial charge is 0.119 e. The summed E-state index contributed by atoms with van der Waals surface area (Å²) in [5.41, 5.74) is 0. The van der Waals surface area contributed by atoms with E-state index in [9.17, 15) is 5.11 Å². The Balaban J connectivity index is 2.20. The van der Waals surface area contributed by atoms with Crippen molar-refractivity contribution in [3.63, 3.8) is 0 Å². The number of aliphatic hydroxyl groups excluding tert-OH is 1. The molecule has 0 amide bonds. The molecule has 0 aromatic heterocycles. The zero-order valence-electron chi connectivity index (χ0n) is 11.8. The van der Waals surface area contributed by atoms with Gasteiger partial charge in [0.25, 0.3) is 0 Å². The van der Waals surface area contributed by atoms with Gasteiger partial charge in [-0.25, -0.2) is 0 Å². The Kier molecular flexibility index (Phi) is 7.25. The van der Waals surface area contributed by atoms with Gasteiger partial charge < -0.3 is 24.6 Å². The molecule has 0 aliphatic heterocycles. The fraction of sp³-hybridized carbons (Fsp3) is 0.571. The number of hydrogen-bond acceptors (Lipinski definition) is 5. The third kappa shape index (κ3) is 6.42. The van der Waals surface area contributed by atoms with E-state index in [2.05, 4.69) is 5.32 Å². The molecule has 2 atom stereocenters. The molecule has 0 bridgehead atoms. The van der Waals surface area contributed by atoms with Crippen molar-refractivity contribution in [3.8, 4) is 11.5 Å². The lowest BCUT2D eigenvalue weighted by Gasteiger charge is -2.15. The first-order valence-corrected chi connectivity index (χ1v) is 6.34. The summed E-state index contributed by atoms with van der Waals surface area (Å²) in [7, 11) is 3.28. The highest BCUT2D eigenvalue weighted by atomic mass is 16.5. The Labute approximate surface area is 114 Å². The van der Waals surface area contributed by atoms with Gasteiger partial charge in [0.05, 0.1) is 13.2 Å². The van der Waals surface area contributed by atoms with E-state index in [1.54, 1.807) is 14.2 Å². The third-order valence-corrected chi connectivity index (χ3v) is 2.72. The molecule has 2 N–H and O–H groups in total. The number of ether oxygens (including phenoxy) is 3. The Hall–Kier alpha value is -1.30. The summed E-state index contributed by atoms with van der Waals surface area (Å²) in [6.45, 7) is 3.40. The van der Waals surface area contributed by atoms with Gasteiger partial charge >= 0.3 is 0 Å². The quantitative estimate of drug-likeness (QED) is 0.702. The van der Waals surface area contributed by atoms with Crippen molar-refractivity contribution in [1.29, 1.82) is 0 Å². The summed E-state index contributed by atoms with van der Waals surface area (Å²) >= 11 is 0. The topological polar surface area (TPSA) is 60.0 Å². The molecule has 1 rings (SSSR count). The molecule has 0 spiro atoms. The summed E-state index contributed by atoms with van der Waals surface area (Å²) in [5, 5.41) is 12.9. The molecule has 0 aliphatic rings. The summed E-state index contributed by atoms with van der Waals surface area (Å²) in [6, 6.07) is 7.26. The van der Waals surface area contributed by atoms with Crippen molar-refractivity contribution in [2.75, 3.05) is 33.9 Å². The van der Waals surface area contributed by atoms with Crippen LogP contribution in [0.5, 0.6) is 11.5 Å². The van der Waals surface area contributed by atoms with E-state index < -0.39 is 6.10 Å². The number of hydrogen-bond donors (Lipinski definition) is 2. The molecule has 0 aliphatic carbocycles. The van der Waals surface area contributed by atoms with Crippen molar-refractivity contribution < 1.29 is 19.3 Å². The van der Waals surface area contributed by atoms with E-state index in [1.807, 2.05) is 31.2 Å². The van der Waals surface area contributed by atoms with Gasteiger partial charge in [0.1, 0.15) is 24.2 Å². The molecule has 5 nitrogen and oxygen atoms in total. The van der Waals surface area contributed by atoms with Crippen LogP contribution in [0.4, 0.5) is 0 Å². The van der Waals surface area contributed by atoms with Gasteiger partial charge in [-0.2, -0.15) is 0 Å². The highest BCUT2D eigenvalue weighted by Crippen LogP contribution is 2.16. The van der Waals surface area contributed by atoms with E-state index in [0.29, 0.717) is 18.8 Å². The van der Waals surface area contributed by atoms with Crippen LogP contribution in [0.2, 0.25) is 0 Å². The van der Waals surface area contributed by atoms with Gasteiger partial charge in [-0.15, -0.1) is 0 Å². The normalized spacial score (nSPS) is 13.9. The lowest BCUT2D eigenvalue weighted by atomic mass is 10.3. The van der Waals surface area contributed by atoms with E-state index in [4.69, 9.17) is 14.2 Å². The number of aliphatic hydroxyl groups is 1. The van der Waals surface area contributed by atoms with E-state index in [1.165, 1.54) is 0 Å². The number of benzene rings is 1. The highest BCUT2D eigenvalue weighted by molar-refractivity contribution is 5.31. The SMILES string of the molecule is COc1ccc(OCC(O)CNCC(C)OC)cc1. The summed E-state index contributed by atoms with van der Waals surface area (Å²) < 4.78 is 15.6. The van der Waals surface area contributed by atoms with E-state index >= 15 is 0 Å². The molecular formula is C14H23NO4. The van der Waals surface area contributed by atoms with Crippen LogP contribution in [-0.4, -0.2) is 51.2 Å². The van der Waals surface area contributed by atoms with Crippen LogP contribution in [0.25, 0.3) is 0 Å². The van der Waals surface area contributed by atoms with Gasteiger partial charge in [0.2, 0.25) is 0 Å². The fourth-order valence-corrected chi connectivity index (χ4v) is 1.46. The summed E-state index contributed by atoms with van der Waals surface area (Å²) in [6.07, 6.45) is -0.416. The van der Waals surface area contributed by atoms with Gasteiger partial charge in [-0.05, 0) is 31.2 Å². The Morgan fingerprint density at radius 3 is 2.32 bits per heavy atom. The maximum atomic E-state index is 9.74. The van der Waals surface area contributed by atoms with Crippen LogP contribution in [0, 0.1) is 0 Å². The first-order chi connectivity index (χ1) is 9.15. The van der Waals surface area contributed by atoms with Crippen LogP contribution < -0.4 is 14.8 Å². The molecule has 0 saturated heterocycles. The van der Waals surface area contributed by atoms with Gasteiger partial charge in [-0.1, -0.05) is 0 Å². The second kappa shape index (κ2) is 8.74. The first kappa shape index (κ1) is 15.8. The Morgan fingerprint density at radius 2 is 1.74 bits per heavy atom. The van der Waals surface area contributed by atoms with Gasteiger partial charge in [-0.3, -0.25) is 0 Å². The van der Waals surface area contributed by atoms with Crippen molar-refractivity contribution in [1.82, 2.24) is 5.32 Å². The average Bonchev–Trinajstić information content (AvgIpc) is 2.45. The highest BCUT2D eigenvalue weighted by Gasteiger charge is 2.06. The molecule has 0 saturated carbocycles. The minimum atomic E-state index is -0.550. The van der Waals surface area contributed by atoms with Crippen LogP contribution in [-0.2, 0) is 4.74 Å². The Bertz CT molecular complexity index is 342. The van der Waals surface area contributed by atoms with Crippen LogP contribution in [0.3, 0.4) is 0 Å². The third-order valence-electron chi connectivity index (χ3n) is 2.72. The van der Waals surface area contributed by atoms with Crippen molar-refractivity contribution in [3.05, 3.63) is 24.3 Å². The average molecular weight is 269 g/mol. The van der Waals surface area contributed by atoms with E-state index in [0.717, 1.165) is 5.75 Å². The standard InChI is InChI=1S/C14H23NO4/c1-11(17-2)8-15-9-12(16)10-19-14-6-4-13(18-3)5-7-14/h4-7,11-12,15-16H,8-10H2,1-3H3. The van der Waals surface area contributed by atoms with Crippen molar-refractivity contribution in [2.24, 2.45) is 0 Å². The predicted molar refractivity (Wildman–Crippen MR) is 73.8 cm³/mol. The number of nitrogens with one attached hydrogen (secondary N) is 1. The second-order valence-corrected chi connectivity index (χ2v) is 4.34. The van der Waals surface area contributed by atoms with E-state index in [-0.39, 0.29) is 12.7 Å². The molecule has 0 radical (unpaired) electrons. The lowest BCUT2D eigenvalue weighted by Crippen LogP contribution is -2.35. The van der Waals surface area contributed by atoms with Crippen LogP contribution in [0.15, 0.2) is 24.3 Å². The molecule has 0 fully saturated rings. The fourth-order valence-electron chi connectivity index (χ4n) is 1.46. The number of rotatable bonds is 9. The zero-order chi connectivity index (χ0) is 14.1. The van der Waals surface area contributed by atoms with Gasteiger partial charge in [0.15, 0.2) is 0 Å². The molecule has 5 heteroatoms.